The van der Waals surface area contributed by atoms with Crippen molar-refractivity contribution >= 4 is 29.0 Å². The van der Waals surface area contributed by atoms with E-state index in [1.807, 2.05) is 74.5 Å². The van der Waals surface area contributed by atoms with E-state index in [-0.39, 0.29) is 24.0 Å². The minimum absolute atomic E-state index is 0.0687. The number of hydrogen-bond donors (Lipinski definition) is 2. The number of ketones is 1. The summed E-state index contributed by atoms with van der Waals surface area (Å²) in [5.41, 5.74) is 3.11. The van der Waals surface area contributed by atoms with E-state index >= 15 is 0 Å². The molecule has 0 aliphatic carbocycles. The van der Waals surface area contributed by atoms with Gasteiger partial charge in [-0.05, 0) is 48.4 Å². The molecule has 2 N–H and O–H groups in total. The first-order chi connectivity index (χ1) is 20.3. The lowest BCUT2D eigenvalue weighted by Gasteiger charge is -2.24. The highest BCUT2D eigenvalue weighted by atomic mass is 16.5. The van der Waals surface area contributed by atoms with Crippen LogP contribution >= 0.6 is 0 Å². The van der Waals surface area contributed by atoms with E-state index in [0.29, 0.717) is 42.1 Å². The van der Waals surface area contributed by atoms with Crippen molar-refractivity contribution in [2.24, 2.45) is 5.92 Å². The van der Waals surface area contributed by atoms with Crippen LogP contribution < -0.4 is 15.0 Å². The minimum Gasteiger partial charge on any atom is -0.494 e. The van der Waals surface area contributed by atoms with Gasteiger partial charge in [0.15, 0.2) is 5.78 Å². The third-order valence-corrected chi connectivity index (χ3v) is 6.82. The number of amides is 1. The summed E-state index contributed by atoms with van der Waals surface area (Å²) < 4.78 is 5.91. The monoisotopic (exact) mass is 564 g/mol. The maximum Gasteiger partial charge on any atom is 0.326 e. The van der Waals surface area contributed by atoms with E-state index in [4.69, 9.17) is 4.74 Å². The summed E-state index contributed by atoms with van der Waals surface area (Å²) in [6.45, 7) is 4.76. The van der Waals surface area contributed by atoms with Crippen molar-refractivity contribution in [1.29, 1.82) is 0 Å². The number of para-hydroxylation sites is 2. The zero-order chi connectivity index (χ0) is 29.9. The van der Waals surface area contributed by atoms with Crippen LogP contribution in [0.2, 0.25) is 0 Å². The van der Waals surface area contributed by atoms with Crippen LogP contribution in [-0.2, 0) is 16.0 Å². The molecule has 0 radical (unpaired) electrons. The second-order valence-corrected chi connectivity index (χ2v) is 10.3. The molecule has 0 saturated carbocycles. The maximum atomic E-state index is 13.1. The van der Waals surface area contributed by atoms with Gasteiger partial charge < -0.3 is 20.1 Å². The van der Waals surface area contributed by atoms with E-state index < -0.39 is 12.0 Å². The summed E-state index contributed by atoms with van der Waals surface area (Å²) in [4.78, 5) is 39.8. The summed E-state index contributed by atoms with van der Waals surface area (Å²) in [6.07, 6.45) is 0.869. The molecule has 0 aromatic heterocycles. The predicted molar refractivity (Wildman–Crippen MR) is 165 cm³/mol. The Kier molecular flexibility index (Phi) is 10.5. The zero-order valence-corrected chi connectivity index (χ0v) is 23.9. The number of benzene rings is 4. The van der Waals surface area contributed by atoms with Gasteiger partial charge in [-0.3, -0.25) is 9.59 Å². The number of carbonyl (C=O) groups excluding carboxylic acids is 2. The molecule has 0 spiro atoms. The van der Waals surface area contributed by atoms with E-state index in [2.05, 4.69) is 5.32 Å². The van der Waals surface area contributed by atoms with Gasteiger partial charge in [-0.15, -0.1) is 0 Å². The number of ether oxygens (including phenoxy) is 1. The summed E-state index contributed by atoms with van der Waals surface area (Å²) in [6, 6.07) is 31.8. The van der Waals surface area contributed by atoms with Gasteiger partial charge in [0.05, 0.1) is 6.61 Å². The van der Waals surface area contributed by atoms with Crippen molar-refractivity contribution in [1.82, 2.24) is 0 Å². The van der Waals surface area contributed by atoms with Gasteiger partial charge in [0.25, 0.3) is 0 Å². The number of hydrogen-bond acceptors (Lipinski definition) is 5. The number of nitrogens with zero attached hydrogens (tertiary/aromatic N) is 1. The lowest BCUT2D eigenvalue weighted by molar-refractivity contribution is -0.137. The molecule has 4 aromatic carbocycles. The second-order valence-electron chi connectivity index (χ2n) is 10.3. The highest BCUT2D eigenvalue weighted by Gasteiger charge is 2.22. The Bertz CT molecular complexity index is 1470. The number of carboxylic acid groups (broad SMARTS) is 1. The molecule has 1 amide bonds. The Morgan fingerprint density at radius 1 is 0.810 bits per heavy atom. The van der Waals surface area contributed by atoms with E-state index in [1.54, 1.807) is 53.4 Å². The van der Waals surface area contributed by atoms with Gasteiger partial charge in [0, 0.05) is 41.4 Å². The normalized spacial score (nSPS) is 11.5. The van der Waals surface area contributed by atoms with Gasteiger partial charge in [0.1, 0.15) is 11.8 Å². The van der Waals surface area contributed by atoms with Crippen LogP contribution in [0.5, 0.6) is 5.75 Å². The standard InChI is InChI=1S/C35H36N2O5/c1-25(2)34(39)37(28-14-7-4-8-15-28)22-11-23-42-29-20-18-26(19-21-29)24-32(35(40)41)36-31-17-10-9-16-30(31)33(38)27-12-5-3-6-13-27/h3-10,12-21,25,32,36H,11,22-24H2,1-2H3,(H,40,41). The minimum atomic E-state index is -1.02. The van der Waals surface area contributed by atoms with Crippen LogP contribution in [0.3, 0.4) is 0 Å². The molecule has 1 atom stereocenters. The third kappa shape index (κ3) is 8.07. The van der Waals surface area contributed by atoms with Gasteiger partial charge >= 0.3 is 5.97 Å². The number of carbonyl (C=O) groups is 3. The molecule has 0 bridgehead atoms. The van der Waals surface area contributed by atoms with E-state index in [0.717, 1.165) is 11.3 Å². The fraction of sp³-hybridized carbons (Fsp3) is 0.229. The van der Waals surface area contributed by atoms with Crippen LogP contribution in [0.1, 0.15) is 41.8 Å². The molecule has 0 aliphatic rings. The first kappa shape index (κ1) is 30.1. The Hall–Kier alpha value is -4.91. The molecule has 1 unspecified atom stereocenters. The molecule has 0 aliphatic heterocycles. The largest absolute Gasteiger partial charge is 0.494 e. The zero-order valence-electron chi connectivity index (χ0n) is 23.9. The number of rotatable bonds is 14. The van der Waals surface area contributed by atoms with Crippen LogP contribution in [0.25, 0.3) is 0 Å². The van der Waals surface area contributed by atoms with Crippen LogP contribution in [0.15, 0.2) is 109 Å². The molecule has 216 valence electrons. The van der Waals surface area contributed by atoms with Crippen LogP contribution in [-0.4, -0.2) is 42.0 Å². The SMILES string of the molecule is CC(C)C(=O)N(CCCOc1ccc(CC(Nc2ccccc2C(=O)c2ccccc2)C(=O)O)cc1)c1ccccc1. The van der Waals surface area contributed by atoms with Gasteiger partial charge in [0.2, 0.25) is 5.91 Å². The maximum absolute atomic E-state index is 13.1. The Morgan fingerprint density at radius 3 is 2.07 bits per heavy atom. The van der Waals surface area contributed by atoms with Gasteiger partial charge in [-0.2, -0.15) is 0 Å². The molecule has 0 heterocycles. The third-order valence-electron chi connectivity index (χ3n) is 6.82. The summed E-state index contributed by atoms with van der Waals surface area (Å²) in [5, 5.41) is 13.0. The molecule has 4 rings (SSSR count). The molecule has 0 fully saturated rings. The Labute approximate surface area is 246 Å². The average Bonchev–Trinajstić information content (AvgIpc) is 3.02. The van der Waals surface area contributed by atoms with Crippen molar-refractivity contribution in [3.8, 4) is 5.75 Å². The predicted octanol–water partition coefficient (Wildman–Crippen LogP) is 6.48. The number of carboxylic acids is 1. The van der Waals surface area contributed by atoms with Gasteiger partial charge in [-0.25, -0.2) is 4.79 Å². The molecule has 4 aromatic rings. The van der Waals surface area contributed by atoms with Crippen molar-refractivity contribution in [2.75, 3.05) is 23.4 Å². The number of aliphatic carboxylic acids is 1. The summed E-state index contributed by atoms with van der Waals surface area (Å²) in [7, 11) is 0. The van der Waals surface area contributed by atoms with Crippen molar-refractivity contribution in [2.45, 2.75) is 32.7 Å². The summed E-state index contributed by atoms with van der Waals surface area (Å²) in [5.74, 6) is -0.570. The molecule has 42 heavy (non-hydrogen) atoms. The second kappa shape index (κ2) is 14.6. The molecule has 7 nitrogen and oxygen atoms in total. The highest BCUT2D eigenvalue weighted by Crippen LogP contribution is 2.22. The van der Waals surface area contributed by atoms with Gasteiger partial charge in [-0.1, -0.05) is 86.6 Å². The topological polar surface area (TPSA) is 95.9 Å². The Balaban J connectivity index is 1.34. The van der Waals surface area contributed by atoms with Crippen molar-refractivity contribution < 1.29 is 24.2 Å². The molecular weight excluding hydrogens is 528 g/mol. The quantitative estimate of drug-likeness (QED) is 0.134. The Morgan fingerprint density at radius 2 is 1.43 bits per heavy atom. The smallest absolute Gasteiger partial charge is 0.326 e. The fourth-order valence-electron chi connectivity index (χ4n) is 4.60. The lowest BCUT2D eigenvalue weighted by Crippen LogP contribution is -2.35. The first-order valence-corrected chi connectivity index (χ1v) is 14.1. The van der Waals surface area contributed by atoms with Crippen molar-refractivity contribution in [3.05, 3.63) is 126 Å². The van der Waals surface area contributed by atoms with Crippen LogP contribution in [0.4, 0.5) is 11.4 Å². The average molecular weight is 565 g/mol. The number of anilines is 2. The summed E-state index contributed by atoms with van der Waals surface area (Å²) >= 11 is 0. The van der Waals surface area contributed by atoms with Crippen LogP contribution in [0, 0.1) is 5.92 Å². The number of nitrogens with one attached hydrogen (secondary N) is 1. The first-order valence-electron chi connectivity index (χ1n) is 14.1. The lowest BCUT2D eigenvalue weighted by atomic mass is 10.00. The molecule has 7 heteroatoms. The fourth-order valence-corrected chi connectivity index (χ4v) is 4.60. The molecule has 0 saturated heterocycles. The molecular formula is C35H36N2O5. The van der Waals surface area contributed by atoms with E-state index in [1.165, 1.54) is 0 Å². The van der Waals surface area contributed by atoms with Crippen molar-refractivity contribution in [3.63, 3.8) is 0 Å². The van der Waals surface area contributed by atoms with E-state index in [9.17, 15) is 19.5 Å². The highest BCUT2D eigenvalue weighted by molar-refractivity contribution is 6.12.